The lowest BCUT2D eigenvalue weighted by Gasteiger charge is -2.36. The van der Waals surface area contributed by atoms with E-state index in [-0.39, 0.29) is 0 Å². The van der Waals surface area contributed by atoms with E-state index in [0.29, 0.717) is 0 Å². The summed E-state index contributed by atoms with van der Waals surface area (Å²) in [5, 5.41) is 0. The number of benzene rings is 1. The maximum Gasteiger partial charge on any atom is 0.170 e. The van der Waals surface area contributed by atoms with Crippen LogP contribution in [0, 0.1) is 0 Å². The summed E-state index contributed by atoms with van der Waals surface area (Å²) in [7, 11) is -0.589. The average Bonchev–Trinajstić information content (AvgIpc) is 2.96. The molecule has 0 bridgehead atoms. The standard InChI is InChI=1S/C20H34N3PSSi2/c1-26(2,3)20(27(4,5)6)24-22-18(23-15-11-8-12-16-23)19(25-24)21-17-13-9-7-10-14-17/h7,9-10,13-14,20H,8,11-12,15-16H2,1-6H3. The Bertz CT molecular complexity index is 798. The third-order valence-corrected chi connectivity index (χ3v) is 24.2. The molecule has 2 aromatic rings. The molecule has 1 unspecified atom stereocenters. The zero-order chi connectivity index (χ0) is 19.7. The van der Waals surface area contributed by atoms with E-state index in [9.17, 15) is 0 Å². The number of nitrogens with zero attached hydrogens (tertiary/aromatic N) is 3. The highest BCUT2D eigenvalue weighted by Gasteiger charge is 2.41. The Kier molecular flexibility index (Phi) is 6.51. The number of hydrogen-bond donors (Lipinski definition) is 0. The molecular weight excluding hydrogens is 401 g/mol. The zero-order valence-corrected chi connectivity index (χ0v) is 21.4. The SMILES string of the molecule is C[Si](C)(C)C(p1nc(N2CCCCC2)c(=Nc2ccccc2)s1)[Si](C)(C)C. The number of para-hydroxylation sites is 1. The molecule has 0 N–H and O–H groups in total. The van der Waals surface area contributed by atoms with Gasteiger partial charge in [-0.2, -0.15) is 0 Å². The van der Waals surface area contributed by atoms with Crippen LogP contribution < -0.4 is 9.57 Å². The highest BCUT2D eigenvalue weighted by molar-refractivity contribution is 7.92. The van der Waals surface area contributed by atoms with Gasteiger partial charge in [0.15, 0.2) is 10.5 Å². The third kappa shape index (κ3) is 5.23. The molecule has 148 valence electrons. The Labute approximate surface area is 171 Å². The molecule has 7 heteroatoms. The molecule has 1 saturated heterocycles. The van der Waals surface area contributed by atoms with Crippen LogP contribution in [-0.4, -0.2) is 34.0 Å². The molecule has 1 aromatic carbocycles. The topological polar surface area (TPSA) is 28.5 Å². The molecule has 3 nitrogen and oxygen atoms in total. The van der Waals surface area contributed by atoms with Gasteiger partial charge in [-0.25, -0.2) is 9.74 Å². The van der Waals surface area contributed by atoms with E-state index < -0.39 is 23.0 Å². The van der Waals surface area contributed by atoms with Crippen molar-refractivity contribution in [3.63, 3.8) is 0 Å². The molecule has 1 fully saturated rings. The molecule has 27 heavy (non-hydrogen) atoms. The normalized spacial score (nSPS) is 17.7. The fraction of sp³-hybridized carbons (Fsp3) is 0.600. The minimum absolute atomic E-state index is 0.429. The van der Waals surface area contributed by atoms with Crippen LogP contribution in [0.5, 0.6) is 0 Å². The maximum absolute atomic E-state index is 5.43. The third-order valence-electron chi connectivity index (χ3n) is 5.07. The van der Waals surface area contributed by atoms with E-state index in [0.717, 1.165) is 23.7 Å². The summed E-state index contributed by atoms with van der Waals surface area (Å²) in [6.45, 7) is 17.1. The van der Waals surface area contributed by atoms with E-state index in [4.69, 9.17) is 9.74 Å². The van der Waals surface area contributed by atoms with Crippen LogP contribution in [0.25, 0.3) is 0 Å². The Balaban J connectivity index is 2.13. The summed E-state index contributed by atoms with van der Waals surface area (Å²) in [6.07, 6.45) is 3.92. The number of hydrogen-bond acceptors (Lipinski definition) is 4. The first-order chi connectivity index (χ1) is 12.7. The van der Waals surface area contributed by atoms with Crippen molar-refractivity contribution in [2.24, 2.45) is 4.99 Å². The fourth-order valence-electron chi connectivity index (χ4n) is 4.35. The molecule has 0 amide bonds. The lowest BCUT2D eigenvalue weighted by atomic mass is 10.1. The molecule has 0 aliphatic carbocycles. The quantitative estimate of drug-likeness (QED) is 0.492. The van der Waals surface area contributed by atoms with Crippen molar-refractivity contribution in [3.8, 4) is 0 Å². The lowest BCUT2D eigenvalue weighted by Crippen LogP contribution is -2.43. The Morgan fingerprint density at radius 2 is 1.56 bits per heavy atom. The molecule has 2 heterocycles. The van der Waals surface area contributed by atoms with Gasteiger partial charge < -0.3 is 4.90 Å². The van der Waals surface area contributed by atoms with Gasteiger partial charge in [-0.05, 0) is 31.4 Å². The molecule has 0 radical (unpaired) electrons. The second-order valence-corrected chi connectivity index (χ2v) is 25.5. The van der Waals surface area contributed by atoms with Crippen molar-refractivity contribution < 1.29 is 0 Å². The van der Waals surface area contributed by atoms with Crippen LogP contribution in [0.3, 0.4) is 0 Å². The molecule has 1 aromatic heterocycles. The van der Waals surface area contributed by atoms with Gasteiger partial charge >= 0.3 is 0 Å². The predicted octanol–water partition coefficient (Wildman–Crippen LogP) is 6.65. The van der Waals surface area contributed by atoms with Crippen LogP contribution in [0.1, 0.15) is 24.2 Å². The maximum atomic E-state index is 5.43. The van der Waals surface area contributed by atoms with Crippen molar-refractivity contribution in [3.05, 3.63) is 35.0 Å². The number of rotatable bonds is 5. The van der Waals surface area contributed by atoms with Crippen LogP contribution in [0.2, 0.25) is 39.3 Å². The predicted molar refractivity (Wildman–Crippen MR) is 128 cm³/mol. The molecule has 1 aliphatic rings. The van der Waals surface area contributed by atoms with E-state index in [1.807, 2.05) is 10.9 Å². The van der Waals surface area contributed by atoms with E-state index in [2.05, 4.69) is 74.5 Å². The first-order valence-corrected chi connectivity index (χ1v) is 20.0. The molecule has 1 atom stereocenters. The smallest absolute Gasteiger partial charge is 0.170 e. The highest BCUT2D eigenvalue weighted by atomic mass is 32.5. The number of anilines is 1. The van der Waals surface area contributed by atoms with Gasteiger partial charge in [-0.1, -0.05) is 68.4 Å². The summed E-state index contributed by atoms with van der Waals surface area (Å²) in [5.74, 6) is 1.20. The van der Waals surface area contributed by atoms with E-state index in [1.165, 1.54) is 29.8 Å². The van der Waals surface area contributed by atoms with Crippen molar-refractivity contribution >= 4 is 45.5 Å². The van der Waals surface area contributed by atoms with E-state index >= 15 is 0 Å². The minimum atomic E-state index is -1.30. The van der Waals surface area contributed by atoms with Gasteiger partial charge in [-0.3, -0.25) is 0 Å². The second kappa shape index (κ2) is 8.36. The summed E-state index contributed by atoms with van der Waals surface area (Å²) in [5.41, 5.74) is 1.05. The summed E-state index contributed by atoms with van der Waals surface area (Å²) >= 11 is 0. The molecule has 0 saturated carbocycles. The van der Waals surface area contributed by atoms with Gasteiger partial charge in [0, 0.05) is 24.9 Å². The fourth-order valence-corrected chi connectivity index (χ4v) is 29.9. The second-order valence-electron chi connectivity index (χ2n) is 9.75. The highest BCUT2D eigenvalue weighted by Crippen LogP contribution is 2.52. The van der Waals surface area contributed by atoms with Crippen LogP contribution in [-0.2, 0) is 0 Å². The van der Waals surface area contributed by atoms with Crippen molar-refractivity contribution in [1.82, 2.24) is 4.75 Å². The van der Waals surface area contributed by atoms with Crippen LogP contribution in [0.4, 0.5) is 11.5 Å². The Morgan fingerprint density at radius 3 is 2.11 bits per heavy atom. The van der Waals surface area contributed by atoms with Gasteiger partial charge in [0.2, 0.25) is 0 Å². The van der Waals surface area contributed by atoms with E-state index in [1.54, 1.807) is 0 Å². The van der Waals surface area contributed by atoms with Gasteiger partial charge in [0.05, 0.1) is 21.8 Å². The Hall–Kier alpha value is -0.686. The molecular formula is C20H34N3PSSi2. The minimum Gasteiger partial charge on any atom is -0.354 e. The van der Waals surface area contributed by atoms with Crippen molar-refractivity contribution in [2.45, 2.75) is 63.5 Å². The van der Waals surface area contributed by atoms with Crippen molar-refractivity contribution in [1.29, 1.82) is 0 Å². The summed E-state index contributed by atoms with van der Waals surface area (Å²) < 4.78 is 6.61. The summed E-state index contributed by atoms with van der Waals surface area (Å²) in [6, 6.07) is 10.4. The van der Waals surface area contributed by atoms with Gasteiger partial charge in [-0.15, -0.1) is 0 Å². The zero-order valence-electron chi connectivity index (χ0n) is 17.7. The number of aromatic nitrogens is 1. The molecule has 1 aliphatic heterocycles. The van der Waals surface area contributed by atoms with Crippen LogP contribution >= 0.6 is 17.8 Å². The van der Waals surface area contributed by atoms with Crippen molar-refractivity contribution in [2.75, 3.05) is 18.0 Å². The van der Waals surface area contributed by atoms with Gasteiger partial charge in [0.1, 0.15) is 0 Å². The first kappa shape index (κ1) is 21.0. The summed E-state index contributed by atoms with van der Waals surface area (Å²) in [4.78, 5) is 8.40. The lowest BCUT2D eigenvalue weighted by molar-refractivity contribution is 0.574. The van der Waals surface area contributed by atoms with Crippen LogP contribution in [0.15, 0.2) is 35.3 Å². The average molecular weight is 436 g/mol. The first-order valence-electron chi connectivity index (χ1n) is 10.1. The molecule has 3 rings (SSSR count). The molecule has 0 spiro atoms. The largest absolute Gasteiger partial charge is 0.354 e. The number of piperidine rings is 1. The monoisotopic (exact) mass is 435 g/mol. The Morgan fingerprint density at radius 1 is 0.963 bits per heavy atom. The van der Waals surface area contributed by atoms with Gasteiger partial charge in [0.25, 0.3) is 0 Å².